The van der Waals surface area contributed by atoms with Gasteiger partial charge in [0.2, 0.25) is 0 Å². The predicted octanol–water partition coefficient (Wildman–Crippen LogP) is 2.73. The van der Waals surface area contributed by atoms with Crippen LogP contribution >= 0.6 is 20.2 Å². The molecule has 1 atom stereocenters. The van der Waals surface area contributed by atoms with Crippen LogP contribution in [0.15, 0.2) is 0 Å². The molecule has 0 aromatic heterocycles. The third-order valence-corrected chi connectivity index (χ3v) is 2.51. The Morgan fingerprint density at radius 2 is 1.93 bits per heavy atom. The van der Waals surface area contributed by atoms with Crippen molar-refractivity contribution in [3.05, 3.63) is 0 Å². The van der Waals surface area contributed by atoms with E-state index >= 15 is 0 Å². The van der Waals surface area contributed by atoms with Gasteiger partial charge in [-0.1, -0.05) is 33.1 Å². The Hall–Kier alpha value is 0.400. The molecule has 1 unspecified atom stereocenters. The third kappa shape index (κ3) is 10.5. The molecule has 4 nitrogen and oxygen atoms in total. The molecule has 0 aliphatic heterocycles. The van der Waals surface area contributed by atoms with Crippen LogP contribution in [0.1, 0.15) is 39.5 Å². The van der Waals surface area contributed by atoms with Gasteiger partial charge in [0, 0.05) is 0 Å². The van der Waals surface area contributed by atoms with Crippen LogP contribution in [0.4, 0.5) is 0 Å². The fourth-order valence-electron chi connectivity index (χ4n) is 1.10. The van der Waals surface area contributed by atoms with Crippen molar-refractivity contribution in [2.45, 2.75) is 39.5 Å². The standard InChI is InChI=1S/C8H19O4P.ClH/c1-3-5-6-8(4-2)7-12-13(9,10)11;/h8H,3-7H2,1-2H3,(H2,9,10,11);1H. The first-order valence-corrected chi connectivity index (χ1v) is 6.22. The largest absolute Gasteiger partial charge is 0.469 e. The summed E-state index contributed by atoms with van der Waals surface area (Å²) in [5.41, 5.74) is 0. The molecular weight excluding hydrogens is 227 g/mol. The number of rotatable bonds is 7. The maximum Gasteiger partial charge on any atom is 0.469 e. The van der Waals surface area contributed by atoms with E-state index < -0.39 is 7.82 Å². The van der Waals surface area contributed by atoms with Gasteiger partial charge in [-0.05, 0) is 12.3 Å². The average molecular weight is 247 g/mol. The summed E-state index contributed by atoms with van der Waals surface area (Å²) < 4.78 is 14.8. The fourth-order valence-corrected chi connectivity index (χ4v) is 1.51. The van der Waals surface area contributed by atoms with Gasteiger partial charge in [0.15, 0.2) is 0 Å². The van der Waals surface area contributed by atoms with E-state index in [0.29, 0.717) is 0 Å². The Morgan fingerprint density at radius 1 is 1.36 bits per heavy atom. The lowest BCUT2D eigenvalue weighted by molar-refractivity contribution is 0.161. The summed E-state index contributed by atoms with van der Waals surface area (Å²) in [7, 11) is -4.26. The lowest BCUT2D eigenvalue weighted by Gasteiger charge is -2.14. The second-order valence-electron chi connectivity index (χ2n) is 3.20. The van der Waals surface area contributed by atoms with E-state index in [0.717, 1.165) is 25.7 Å². The SMILES string of the molecule is CCCCC(CC)COP(=O)(O)O.Cl. The predicted molar refractivity (Wildman–Crippen MR) is 58.6 cm³/mol. The molecule has 0 heterocycles. The van der Waals surface area contributed by atoms with Crippen molar-refractivity contribution in [3.8, 4) is 0 Å². The highest BCUT2D eigenvalue weighted by atomic mass is 35.5. The van der Waals surface area contributed by atoms with Gasteiger partial charge >= 0.3 is 7.82 Å². The van der Waals surface area contributed by atoms with Gasteiger partial charge in [-0.3, -0.25) is 4.52 Å². The van der Waals surface area contributed by atoms with Crippen LogP contribution in [0.25, 0.3) is 0 Å². The van der Waals surface area contributed by atoms with Gasteiger partial charge < -0.3 is 9.79 Å². The molecule has 0 amide bonds. The lowest BCUT2D eigenvalue weighted by Crippen LogP contribution is -2.07. The highest BCUT2D eigenvalue weighted by Gasteiger charge is 2.16. The summed E-state index contributed by atoms with van der Waals surface area (Å²) in [6, 6.07) is 0. The molecule has 0 radical (unpaired) electrons. The summed E-state index contributed by atoms with van der Waals surface area (Å²) in [5.74, 6) is 0.271. The lowest BCUT2D eigenvalue weighted by atomic mass is 10.0. The van der Waals surface area contributed by atoms with Crippen molar-refractivity contribution >= 4 is 20.2 Å². The van der Waals surface area contributed by atoms with E-state index in [4.69, 9.17) is 9.79 Å². The molecule has 0 fully saturated rings. The second-order valence-corrected chi connectivity index (χ2v) is 4.44. The maximum atomic E-state index is 10.4. The van der Waals surface area contributed by atoms with Crippen LogP contribution in [0.5, 0.6) is 0 Å². The van der Waals surface area contributed by atoms with Gasteiger partial charge in [0.25, 0.3) is 0 Å². The number of unbranched alkanes of at least 4 members (excludes halogenated alkanes) is 1. The van der Waals surface area contributed by atoms with Crippen molar-refractivity contribution < 1.29 is 18.9 Å². The first kappa shape index (κ1) is 16.8. The summed E-state index contributed by atoms with van der Waals surface area (Å²) >= 11 is 0. The molecule has 0 bridgehead atoms. The zero-order chi connectivity index (χ0) is 10.3. The molecule has 88 valence electrons. The molecule has 0 saturated carbocycles. The topological polar surface area (TPSA) is 66.8 Å². The highest BCUT2D eigenvalue weighted by Crippen LogP contribution is 2.36. The summed E-state index contributed by atoms with van der Waals surface area (Å²) in [6.07, 6.45) is 4.07. The van der Waals surface area contributed by atoms with Crippen molar-refractivity contribution in [3.63, 3.8) is 0 Å². The molecule has 2 N–H and O–H groups in total. The molecule has 0 aliphatic rings. The normalized spacial score (nSPS) is 13.4. The molecular formula is C8H20ClO4P. The number of phosphoric ester groups is 1. The first-order chi connectivity index (χ1) is 5.99. The van der Waals surface area contributed by atoms with E-state index in [1.807, 2.05) is 6.92 Å². The van der Waals surface area contributed by atoms with Gasteiger partial charge in [0.05, 0.1) is 6.61 Å². The average Bonchev–Trinajstić information content (AvgIpc) is 2.03. The molecule has 0 aliphatic carbocycles. The fraction of sp³-hybridized carbons (Fsp3) is 1.00. The van der Waals surface area contributed by atoms with E-state index in [1.165, 1.54) is 0 Å². The Morgan fingerprint density at radius 3 is 2.29 bits per heavy atom. The van der Waals surface area contributed by atoms with Crippen LogP contribution in [0, 0.1) is 5.92 Å². The highest BCUT2D eigenvalue weighted by molar-refractivity contribution is 7.46. The Balaban J connectivity index is 0. The van der Waals surface area contributed by atoms with Crippen molar-refractivity contribution in [2.24, 2.45) is 5.92 Å². The zero-order valence-corrected chi connectivity index (χ0v) is 10.4. The van der Waals surface area contributed by atoms with Crippen LogP contribution in [0.2, 0.25) is 0 Å². The van der Waals surface area contributed by atoms with Crippen LogP contribution in [-0.4, -0.2) is 16.4 Å². The van der Waals surface area contributed by atoms with Gasteiger partial charge in [0.1, 0.15) is 0 Å². The second kappa shape index (κ2) is 8.69. The molecule has 0 aromatic rings. The third-order valence-electron chi connectivity index (χ3n) is 2.02. The number of halogens is 1. The van der Waals surface area contributed by atoms with E-state index in [1.54, 1.807) is 0 Å². The minimum Gasteiger partial charge on any atom is -0.303 e. The number of hydrogen-bond acceptors (Lipinski definition) is 2. The van der Waals surface area contributed by atoms with Crippen LogP contribution in [-0.2, 0) is 9.09 Å². The number of hydrogen-bond donors (Lipinski definition) is 2. The molecule has 0 rings (SSSR count). The maximum absolute atomic E-state index is 10.4. The summed E-state index contributed by atoms with van der Waals surface area (Å²) in [5, 5.41) is 0. The van der Waals surface area contributed by atoms with Gasteiger partial charge in [-0.15, -0.1) is 12.4 Å². The summed E-state index contributed by atoms with van der Waals surface area (Å²) in [4.78, 5) is 17.0. The van der Waals surface area contributed by atoms with E-state index in [9.17, 15) is 4.57 Å². The van der Waals surface area contributed by atoms with Gasteiger partial charge in [-0.2, -0.15) is 0 Å². The zero-order valence-electron chi connectivity index (χ0n) is 8.68. The van der Waals surface area contributed by atoms with Gasteiger partial charge in [-0.25, -0.2) is 4.57 Å². The molecule has 6 heteroatoms. The Kier molecular flexibility index (Phi) is 10.4. The first-order valence-electron chi connectivity index (χ1n) is 4.69. The smallest absolute Gasteiger partial charge is 0.303 e. The number of phosphoric acid groups is 1. The Labute approximate surface area is 91.7 Å². The minimum absolute atomic E-state index is 0. The van der Waals surface area contributed by atoms with Crippen LogP contribution < -0.4 is 0 Å². The Bertz CT molecular complexity index is 171. The quantitative estimate of drug-likeness (QED) is 0.678. The minimum atomic E-state index is -4.26. The summed E-state index contributed by atoms with van der Waals surface area (Å²) in [6.45, 7) is 4.26. The van der Waals surface area contributed by atoms with Crippen molar-refractivity contribution in [2.75, 3.05) is 6.61 Å². The van der Waals surface area contributed by atoms with Crippen LogP contribution in [0.3, 0.4) is 0 Å². The van der Waals surface area contributed by atoms with Crippen molar-refractivity contribution in [1.29, 1.82) is 0 Å². The monoisotopic (exact) mass is 246 g/mol. The molecule has 0 saturated heterocycles. The molecule has 0 spiro atoms. The molecule has 0 aromatic carbocycles. The van der Waals surface area contributed by atoms with E-state index in [2.05, 4.69) is 11.4 Å². The molecule has 14 heavy (non-hydrogen) atoms. The van der Waals surface area contributed by atoms with E-state index in [-0.39, 0.29) is 24.9 Å². The van der Waals surface area contributed by atoms with Crippen molar-refractivity contribution in [1.82, 2.24) is 0 Å².